The van der Waals surface area contributed by atoms with Crippen LogP contribution in [-0.4, -0.2) is 25.2 Å². The van der Waals surface area contributed by atoms with Crippen molar-refractivity contribution in [3.8, 4) is 0 Å². The Morgan fingerprint density at radius 1 is 1.07 bits per heavy atom. The molecule has 1 amide bonds. The van der Waals surface area contributed by atoms with Crippen molar-refractivity contribution >= 4 is 17.8 Å². The van der Waals surface area contributed by atoms with Gasteiger partial charge in [0, 0.05) is 18.8 Å². The minimum Gasteiger partial charge on any atom is -0.372 e. The number of carbonyl (C=O) groups excluding carboxylic acids is 1. The standard InChI is InChI=1S/C23H33N3O/c1-3-26(4-2)21-9-7-17(8-10-21)16-24-25-22(27)23-13-18-5-6-19(14-23)12-20(11-18)15-23/h7-10,16,18-20H,3-6,11-15H2,1-2H3,(H,25,27). The highest BCUT2D eigenvalue weighted by Gasteiger charge is 2.52. The SMILES string of the molecule is CCN(CC)c1ccc(C=NNC(=O)C23CC4CCC(CC(C4)C2)C3)cc1. The van der Waals surface area contributed by atoms with E-state index in [1.54, 1.807) is 6.21 Å². The summed E-state index contributed by atoms with van der Waals surface area (Å²) in [6.45, 7) is 6.35. The number of nitrogens with one attached hydrogen (secondary N) is 1. The van der Waals surface area contributed by atoms with Crippen LogP contribution in [0.2, 0.25) is 0 Å². The van der Waals surface area contributed by atoms with Crippen LogP contribution in [0.3, 0.4) is 0 Å². The Morgan fingerprint density at radius 2 is 1.67 bits per heavy atom. The minimum absolute atomic E-state index is 0.142. The molecule has 4 bridgehead atoms. The third-order valence-electron chi connectivity index (χ3n) is 7.24. The number of fused-ring (bicyclic) bond motifs is 1. The summed E-state index contributed by atoms with van der Waals surface area (Å²) in [4.78, 5) is 15.3. The van der Waals surface area contributed by atoms with E-state index in [9.17, 15) is 4.79 Å². The maximum Gasteiger partial charge on any atom is 0.246 e. The molecule has 4 aliphatic rings. The van der Waals surface area contributed by atoms with Crippen LogP contribution in [0.25, 0.3) is 0 Å². The van der Waals surface area contributed by atoms with E-state index in [0.29, 0.717) is 0 Å². The molecule has 146 valence electrons. The maximum atomic E-state index is 13.0. The van der Waals surface area contributed by atoms with Gasteiger partial charge in [0.25, 0.3) is 0 Å². The Morgan fingerprint density at radius 3 is 2.26 bits per heavy atom. The Labute approximate surface area is 163 Å². The van der Waals surface area contributed by atoms with E-state index in [1.165, 1.54) is 31.4 Å². The molecular formula is C23H33N3O. The average molecular weight is 368 g/mol. The van der Waals surface area contributed by atoms with Gasteiger partial charge in [-0.1, -0.05) is 25.0 Å². The molecule has 4 fully saturated rings. The quantitative estimate of drug-likeness (QED) is 0.590. The molecule has 2 atom stereocenters. The fourth-order valence-corrected chi connectivity index (χ4v) is 6.11. The molecule has 4 nitrogen and oxygen atoms in total. The molecule has 1 aromatic rings. The van der Waals surface area contributed by atoms with Gasteiger partial charge in [-0.05, 0) is 81.4 Å². The molecule has 2 unspecified atom stereocenters. The van der Waals surface area contributed by atoms with Crippen LogP contribution in [0.4, 0.5) is 5.69 Å². The Bertz CT molecular complexity index is 676. The summed E-state index contributed by atoms with van der Waals surface area (Å²) in [5.41, 5.74) is 5.00. The Kier molecular flexibility index (Phi) is 5.25. The van der Waals surface area contributed by atoms with Crippen molar-refractivity contribution in [1.82, 2.24) is 5.43 Å². The van der Waals surface area contributed by atoms with Crippen LogP contribution in [0, 0.1) is 23.2 Å². The lowest BCUT2D eigenvalue weighted by atomic mass is 9.58. The fraction of sp³-hybridized carbons (Fsp3) is 0.652. The highest BCUT2D eigenvalue weighted by Crippen LogP contribution is 2.57. The molecule has 4 heteroatoms. The topological polar surface area (TPSA) is 44.7 Å². The van der Waals surface area contributed by atoms with Crippen LogP contribution >= 0.6 is 0 Å². The molecule has 0 spiro atoms. The smallest absolute Gasteiger partial charge is 0.246 e. The normalized spacial score (nSPS) is 31.9. The van der Waals surface area contributed by atoms with Crippen molar-refractivity contribution in [2.45, 2.75) is 58.8 Å². The zero-order chi connectivity index (χ0) is 18.9. The monoisotopic (exact) mass is 367 g/mol. The van der Waals surface area contributed by atoms with Crippen LogP contribution in [0.1, 0.15) is 64.4 Å². The second kappa shape index (κ2) is 7.65. The number of amides is 1. The predicted octanol–water partition coefficient (Wildman–Crippen LogP) is 4.59. The molecule has 1 aromatic carbocycles. The third-order valence-corrected chi connectivity index (χ3v) is 7.24. The number of benzene rings is 1. The molecule has 0 heterocycles. The number of hydrazone groups is 1. The van der Waals surface area contributed by atoms with E-state index >= 15 is 0 Å². The van der Waals surface area contributed by atoms with E-state index in [2.05, 4.69) is 53.5 Å². The van der Waals surface area contributed by atoms with Gasteiger partial charge in [0.1, 0.15) is 0 Å². The van der Waals surface area contributed by atoms with Crippen molar-refractivity contribution in [1.29, 1.82) is 0 Å². The Hall–Kier alpha value is -1.84. The lowest BCUT2D eigenvalue weighted by molar-refractivity contribution is -0.138. The van der Waals surface area contributed by atoms with Crippen molar-refractivity contribution in [2.75, 3.05) is 18.0 Å². The molecule has 1 N–H and O–H groups in total. The maximum absolute atomic E-state index is 13.0. The minimum atomic E-state index is -0.142. The number of hydrogen-bond donors (Lipinski definition) is 1. The van der Waals surface area contributed by atoms with Gasteiger partial charge in [-0.15, -0.1) is 0 Å². The Balaban J connectivity index is 1.39. The first kappa shape index (κ1) is 18.5. The molecule has 0 aromatic heterocycles. The van der Waals surface area contributed by atoms with E-state index in [1.807, 2.05) is 0 Å². The largest absolute Gasteiger partial charge is 0.372 e. The lowest BCUT2D eigenvalue weighted by Crippen LogP contribution is -2.47. The molecule has 0 saturated heterocycles. The zero-order valence-corrected chi connectivity index (χ0v) is 16.8. The number of carbonyl (C=O) groups is 1. The number of anilines is 1. The van der Waals surface area contributed by atoms with Gasteiger partial charge in [-0.2, -0.15) is 5.10 Å². The molecule has 0 radical (unpaired) electrons. The van der Waals surface area contributed by atoms with Gasteiger partial charge in [-0.3, -0.25) is 4.79 Å². The molecule has 5 rings (SSSR count). The van der Waals surface area contributed by atoms with Crippen molar-refractivity contribution in [2.24, 2.45) is 28.3 Å². The predicted molar refractivity (Wildman–Crippen MR) is 111 cm³/mol. The summed E-state index contributed by atoms with van der Waals surface area (Å²) < 4.78 is 0. The van der Waals surface area contributed by atoms with Gasteiger partial charge in [0.2, 0.25) is 5.91 Å². The third kappa shape index (κ3) is 3.76. The van der Waals surface area contributed by atoms with Crippen LogP contribution in [-0.2, 0) is 4.79 Å². The van der Waals surface area contributed by atoms with E-state index < -0.39 is 0 Å². The zero-order valence-electron chi connectivity index (χ0n) is 16.8. The number of nitrogens with zero attached hydrogens (tertiary/aromatic N) is 2. The summed E-state index contributed by atoms with van der Waals surface area (Å²) in [5.74, 6) is 2.46. The number of rotatable bonds is 6. The first-order chi connectivity index (χ1) is 13.1. The molecule has 27 heavy (non-hydrogen) atoms. The van der Waals surface area contributed by atoms with Gasteiger partial charge in [0.15, 0.2) is 0 Å². The second-order valence-corrected chi connectivity index (χ2v) is 9.00. The first-order valence-electron chi connectivity index (χ1n) is 10.8. The van der Waals surface area contributed by atoms with Crippen LogP contribution in [0.5, 0.6) is 0 Å². The second-order valence-electron chi connectivity index (χ2n) is 9.00. The van der Waals surface area contributed by atoms with E-state index in [0.717, 1.165) is 55.7 Å². The fourth-order valence-electron chi connectivity index (χ4n) is 6.11. The summed E-state index contributed by atoms with van der Waals surface area (Å²) in [6, 6.07) is 8.39. The van der Waals surface area contributed by atoms with Gasteiger partial charge < -0.3 is 4.90 Å². The average Bonchev–Trinajstić information content (AvgIpc) is 2.89. The van der Waals surface area contributed by atoms with Crippen molar-refractivity contribution < 1.29 is 4.79 Å². The van der Waals surface area contributed by atoms with Gasteiger partial charge in [-0.25, -0.2) is 5.43 Å². The van der Waals surface area contributed by atoms with Gasteiger partial charge in [0.05, 0.1) is 11.6 Å². The molecular weight excluding hydrogens is 334 g/mol. The first-order valence-corrected chi connectivity index (χ1v) is 10.8. The molecule has 4 saturated carbocycles. The van der Waals surface area contributed by atoms with Crippen molar-refractivity contribution in [3.63, 3.8) is 0 Å². The highest BCUT2D eigenvalue weighted by atomic mass is 16.2. The summed E-state index contributed by atoms with van der Waals surface area (Å²) in [5, 5.41) is 4.31. The van der Waals surface area contributed by atoms with E-state index in [4.69, 9.17) is 0 Å². The summed E-state index contributed by atoms with van der Waals surface area (Å²) in [6.07, 6.45) is 10.4. The van der Waals surface area contributed by atoms with Crippen molar-refractivity contribution in [3.05, 3.63) is 29.8 Å². The summed E-state index contributed by atoms with van der Waals surface area (Å²) in [7, 11) is 0. The summed E-state index contributed by atoms with van der Waals surface area (Å²) >= 11 is 0. The molecule has 0 aliphatic heterocycles. The number of hydrogen-bond acceptors (Lipinski definition) is 3. The van der Waals surface area contributed by atoms with Gasteiger partial charge >= 0.3 is 0 Å². The highest BCUT2D eigenvalue weighted by molar-refractivity contribution is 5.86. The van der Waals surface area contributed by atoms with Crippen LogP contribution < -0.4 is 10.3 Å². The van der Waals surface area contributed by atoms with Crippen LogP contribution in [0.15, 0.2) is 29.4 Å². The van der Waals surface area contributed by atoms with E-state index in [-0.39, 0.29) is 11.3 Å². The molecule has 4 aliphatic carbocycles. The lowest BCUT2D eigenvalue weighted by Gasteiger charge is -2.46.